The highest BCUT2D eigenvalue weighted by atomic mass is 32.2. The molecule has 0 aliphatic rings. The lowest BCUT2D eigenvalue weighted by Crippen LogP contribution is -2.31. The molecule has 1 rings (SSSR count). The highest BCUT2D eigenvalue weighted by Gasteiger charge is 2.16. The van der Waals surface area contributed by atoms with Crippen LogP contribution < -0.4 is 15.8 Å². The maximum Gasteiger partial charge on any atom is 0.240 e. The van der Waals surface area contributed by atoms with Gasteiger partial charge in [0.25, 0.3) is 0 Å². The van der Waals surface area contributed by atoms with Crippen LogP contribution in [0.5, 0.6) is 0 Å². The minimum atomic E-state index is -3.60. The molecule has 0 aliphatic heterocycles. The van der Waals surface area contributed by atoms with E-state index in [0.29, 0.717) is 18.7 Å². The summed E-state index contributed by atoms with van der Waals surface area (Å²) in [5.74, 6) is -0.176. The van der Waals surface area contributed by atoms with Gasteiger partial charge in [0.05, 0.1) is 4.90 Å². The zero-order chi connectivity index (χ0) is 15.2. The first kappa shape index (κ1) is 16.6. The Morgan fingerprint density at radius 3 is 2.60 bits per heavy atom. The van der Waals surface area contributed by atoms with E-state index in [1.54, 1.807) is 19.1 Å². The standard InChI is InChI=1S/C13H21N3O3S/c1-3-15-13(17)6-7-16-20(18,19)12-5-4-11(9-14)8-10(12)2/h4-5,8,16H,3,6-7,9,14H2,1-2H3,(H,15,17). The molecular formula is C13H21N3O3S. The van der Waals surface area contributed by atoms with Crippen molar-refractivity contribution in [3.05, 3.63) is 29.3 Å². The Morgan fingerprint density at radius 1 is 1.35 bits per heavy atom. The van der Waals surface area contributed by atoms with E-state index in [0.717, 1.165) is 5.56 Å². The second-order valence-corrected chi connectivity index (χ2v) is 6.14. The highest BCUT2D eigenvalue weighted by molar-refractivity contribution is 7.89. The molecule has 0 saturated heterocycles. The summed E-state index contributed by atoms with van der Waals surface area (Å²) in [5, 5.41) is 2.61. The maximum absolute atomic E-state index is 12.1. The first-order chi connectivity index (χ1) is 9.40. The van der Waals surface area contributed by atoms with Crippen LogP contribution in [0.15, 0.2) is 23.1 Å². The summed E-state index contributed by atoms with van der Waals surface area (Å²) in [7, 11) is -3.60. The normalized spacial score (nSPS) is 11.3. The molecule has 1 amide bonds. The van der Waals surface area contributed by atoms with Crippen LogP contribution in [0.25, 0.3) is 0 Å². The number of sulfonamides is 1. The van der Waals surface area contributed by atoms with Crippen LogP contribution in [0.3, 0.4) is 0 Å². The van der Waals surface area contributed by atoms with E-state index in [4.69, 9.17) is 5.73 Å². The van der Waals surface area contributed by atoms with Gasteiger partial charge in [-0.3, -0.25) is 4.79 Å². The average Bonchev–Trinajstić information content (AvgIpc) is 2.38. The summed E-state index contributed by atoms with van der Waals surface area (Å²) in [6, 6.07) is 4.97. The van der Waals surface area contributed by atoms with Gasteiger partial charge in [0.2, 0.25) is 15.9 Å². The van der Waals surface area contributed by atoms with Gasteiger partial charge in [-0.15, -0.1) is 0 Å². The summed E-state index contributed by atoms with van der Waals surface area (Å²) in [5.41, 5.74) is 7.03. The number of aryl methyl sites for hydroxylation is 1. The minimum absolute atomic E-state index is 0.0756. The number of nitrogens with one attached hydrogen (secondary N) is 2. The first-order valence-corrected chi connectivity index (χ1v) is 7.95. The van der Waals surface area contributed by atoms with Crippen LogP contribution in [0.4, 0.5) is 0 Å². The molecule has 0 spiro atoms. The fourth-order valence-corrected chi connectivity index (χ4v) is 3.06. The summed E-state index contributed by atoms with van der Waals surface area (Å²) < 4.78 is 26.7. The Morgan fingerprint density at radius 2 is 2.05 bits per heavy atom. The third-order valence-corrected chi connectivity index (χ3v) is 4.40. The molecule has 0 aliphatic carbocycles. The molecule has 7 heteroatoms. The summed E-state index contributed by atoms with van der Waals surface area (Å²) in [6.07, 6.45) is 0.118. The lowest BCUT2D eigenvalue weighted by molar-refractivity contribution is -0.120. The predicted molar refractivity (Wildman–Crippen MR) is 77.6 cm³/mol. The first-order valence-electron chi connectivity index (χ1n) is 6.46. The molecule has 112 valence electrons. The van der Waals surface area contributed by atoms with E-state index < -0.39 is 10.0 Å². The van der Waals surface area contributed by atoms with Gasteiger partial charge in [-0.25, -0.2) is 13.1 Å². The molecule has 4 N–H and O–H groups in total. The monoisotopic (exact) mass is 299 g/mol. The van der Waals surface area contributed by atoms with E-state index >= 15 is 0 Å². The fourth-order valence-electron chi connectivity index (χ4n) is 1.80. The lowest BCUT2D eigenvalue weighted by Gasteiger charge is -2.10. The van der Waals surface area contributed by atoms with Gasteiger partial charge < -0.3 is 11.1 Å². The number of carbonyl (C=O) groups is 1. The smallest absolute Gasteiger partial charge is 0.240 e. The Kier molecular flexibility index (Phi) is 6.12. The number of amides is 1. The van der Waals surface area contributed by atoms with Crippen molar-refractivity contribution in [1.29, 1.82) is 0 Å². The van der Waals surface area contributed by atoms with E-state index in [1.807, 2.05) is 6.92 Å². The molecule has 0 aromatic heterocycles. The molecule has 0 radical (unpaired) electrons. The summed E-state index contributed by atoms with van der Waals surface area (Å²) >= 11 is 0. The topological polar surface area (TPSA) is 101 Å². The Hall–Kier alpha value is -1.44. The van der Waals surface area contributed by atoms with E-state index in [2.05, 4.69) is 10.0 Å². The number of nitrogens with two attached hydrogens (primary N) is 1. The van der Waals surface area contributed by atoms with E-state index in [-0.39, 0.29) is 23.8 Å². The molecule has 1 aromatic carbocycles. The zero-order valence-corrected chi connectivity index (χ0v) is 12.6. The minimum Gasteiger partial charge on any atom is -0.356 e. The van der Waals surface area contributed by atoms with Crippen LogP contribution in [0, 0.1) is 6.92 Å². The van der Waals surface area contributed by atoms with Crippen LogP contribution >= 0.6 is 0 Å². The van der Waals surface area contributed by atoms with Crippen LogP contribution in [-0.4, -0.2) is 27.4 Å². The zero-order valence-electron chi connectivity index (χ0n) is 11.8. The van der Waals surface area contributed by atoms with Gasteiger partial charge in [0, 0.05) is 26.1 Å². The fraction of sp³-hybridized carbons (Fsp3) is 0.462. The van der Waals surface area contributed by atoms with Gasteiger partial charge in [-0.05, 0) is 31.0 Å². The van der Waals surface area contributed by atoms with Crippen LogP contribution in [0.2, 0.25) is 0 Å². The number of rotatable bonds is 7. The van der Waals surface area contributed by atoms with Crippen molar-refractivity contribution >= 4 is 15.9 Å². The van der Waals surface area contributed by atoms with Crippen molar-refractivity contribution in [3.8, 4) is 0 Å². The maximum atomic E-state index is 12.1. The number of carbonyl (C=O) groups excluding carboxylic acids is 1. The van der Waals surface area contributed by atoms with E-state index in [1.165, 1.54) is 6.07 Å². The van der Waals surface area contributed by atoms with Gasteiger partial charge in [0.15, 0.2) is 0 Å². The number of hydrogen-bond donors (Lipinski definition) is 3. The van der Waals surface area contributed by atoms with E-state index in [9.17, 15) is 13.2 Å². The van der Waals surface area contributed by atoms with Crippen LogP contribution in [-0.2, 0) is 21.4 Å². The summed E-state index contributed by atoms with van der Waals surface area (Å²) in [4.78, 5) is 11.5. The second kappa shape index (κ2) is 7.37. The molecule has 0 atom stereocenters. The molecule has 0 unspecified atom stereocenters. The summed E-state index contributed by atoms with van der Waals surface area (Å²) in [6.45, 7) is 4.51. The Labute approximate surface area is 119 Å². The van der Waals surface area contributed by atoms with Gasteiger partial charge in [-0.1, -0.05) is 12.1 Å². The Bertz CT molecular complexity index is 570. The van der Waals surface area contributed by atoms with Crippen molar-refractivity contribution in [2.75, 3.05) is 13.1 Å². The molecular weight excluding hydrogens is 278 g/mol. The van der Waals surface area contributed by atoms with Gasteiger partial charge in [-0.2, -0.15) is 0 Å². The van der Waals surface area contributed by atoms with Crippen molar-refractivity contribution in [2.24, 2.45) is 5.73 Å². The number of hydrogen-bond acceptors (Lipinski definition) is 4. The molecule has 0 bridgehead atoms. The third-order valence-electron chi connectivity index (χ3n) is 2.78. The molecule has 1 aromatic rings. The van der Waals surface area contributed by atoms with Crippen molar-refractivity contribution in [1.82, 2.24) is 10.0 Å². The second-order valence-electron chi connectivity index (χ2n) is 4.41. The van der Waals surface area contributed by atoms with Crippen LogP contribution in [0.1, 0.15) is 24.5 Å². The Balaban J connectivity index is 2.72. The third kappa shape index (κ3) is 4.59. The van der Waals surface area contributed by atoms with Gasteiger partial charge in [0.1, 0.15) is 0 Å². The quantitative estimate of drug-likeness (QED) is 0.672. The van der Waals surface area contributed by atoms with Gasteiger partial charge >= 0.3 is 0 Å². The lowest BCUT2D eigenvalue weighted by atomic mass is 10.1. The largest absolute Gasteiger partial charge is 0.356 e. The van der Waals surface area contributed by atoms with Crippen molar-refractivity contribution in [3.63, 3.8) is 0 Å². The molecule has 0 saturated carbocycles. The molecule has 20 heavy (non-hydrogen) atoms. The predicted octanol–water partition coefficient (Wildman–Crippen LogP) is 0.258. The molecule has 6 nitrogen and oxygen atoms in total. The average molecular weight is 299 g/mol. The SMILES string of the molecule is CCNC(=O)CCNS(=O)(=O)c1ccc(CN)cc1C. The highest BCUT2D eigenvalue weighted by Crippen LogP contribution is 2.16. The number of benzene rings is 1. The molecule has 0 fully saturated rings. The molecule has 0 heterocycles. The van der Waals surface area contributed by atoms with Crippen molar-refractivity contribution in [2.45, 2.75) is 31.7 Å². The van der Waals surface area contributed by atoms with Crippen molar-refractivity contribution < 1.29 is 13.2 Å².